The van der Waals surface area contributed by atoms with Gasteiger partial charge < -0.3 is 10.6 Å². The van der Waals surface area contributed by atoms with Crippen LogP contribution in [-0.4, -0.2) is 35.3 Å². The number of amides is 4. The second kappa shape index (κ2) is 8.17. The average molecular weight is 398 g/mol. The van der Waals surface area contributed by atoms with E-state index in [1.807, 2.05) is 12.1 Å². The number of rotatable bonds is 4. The molecule has 1 unspecified atom stereocenters. The summed E-state index contributed by atoms with van der Waals surface area (Å²) in [6, 6.07) is 5.68. The zero-order valence-corrected chi connectivity index (χ0v) is 17.3. The maximum absolute atomic E-state index is 13.1. The number of nitrogens with zero attached hydrogens (tertiary/aromatic N) is 1. The first-order valence-corrected chi connectivity index (χ1v) is 11.0. The van der Waals surface area contributed by atoms with Crippen LogP contribution in [0.3, 0.4) is 0 Å². The molecule has 156 valence electrons. The first kappa shape index (κ1) is 19.9. The minimum Gasteiger partial charge on any atom is -0.352 e. The minimum absolute atomic E-state index is 0.145. The van der Waals surface area contributed by atoms with Crippen LogP contribution >= 0.6 is 0 Å². The van der Waals surface area contributed by atoms with E-state index in [0.29, 0.717) is 0 Å². The van der Waals surface area contributed by atoms with Crippen molar-refractivity contribution in [1.82, 2.24) is 15.5 Å². The molecule has 1 aromatic rings. The first-order chi connectivity index (χ1) is 14.0. The fraction of sp³-hybridized carbons (Fsp3) is 0.609. The maximum Gasteiger partial charge on any atom is 0.325 e. The summed E-state index contributed by atoms with van der Waals surface area (Å²) in [6.07, 6.45) is 11.1. The van der Waals surface area contributed by atoms with Crippen LogP contribution < -0.4 is 10.6 Å². The third-order valence-electron chi connectivity index (χ3n) is 6.72. The van der Waals surface area contributed by atoms with Crippen LogP contribution in [0.25, 0.3) is 0 Å². The van der Waals surface area contributed by atoms with Gasteiger partial charge in [0, 0.05) is 6.04 Å². The molecule has 1 saturated carbocycles. The van der Waals surface area contributed by atoms with Crippen molar-refractivity contribution in [3.63, 3.8) is 0 Å². The molecule has 1 heterocycles. The second-order valence-corrected chi connectivity index (χ2v) is 8.89. The standard InChI is InChI=1S/C23H31N3O3/c1-23(18-13-12-16-8-7-9-17(16)14-18)21(28)26(22(29)25-23)15-20(27)24-19-10-5-3-2-4-6-11-19/h12-14,19H,2-11,15H2,1H3,(H,24,27)(H,25,29). The number of hydrogen-bond acceptors (Lipinski definition) is 3. The molecule has 2 N–H and O–H groups in total. The van der Waals surface area contributed by atoms with Crippen molar-refractivity contribution in [2.45, 2.75) is 82.7 Å². The van der Waals surface area contributed by atoms with Gasteiger partial charge in [0.25, 0.3) is 5.91 Å². The Morgan fingerprint density at radius 1 is 1.07 bits per heavy atom. The van der Waals surface area contributed by atoms with Crippen LogP contribution in [0.4, 0.5) is 4.79 Å². The molecule has 6 nitrogen and oxygen atoms in total. The molecule has 1 saturated heterocycles. The summed E-state index contributed by atoms with van der Waals surface area (Å²) in [5.74, 6) is -0.606. The Labute approximate surface area is 172 Å². The van der Waals surface area contributed by atoms with Crippen molar-refractivity contribution >= 4 is 17.8 Å². The molecule has 0 radical (unpaired) electrons. The number of carbonyl (C=O) groups is 3. The molecule has 2 fully saturated rings. The van der Waals surface area contributed by atoms with Crippen LogP contribution in [-0.2, 0) is 28.0 Å². The first-order valence-electron chi connectivity index (χ1n) is 11.0. The Balaban J connectivity index is 1.43. The highest BCUT2D eigenvalue weighted by atomic mass is 16.2. The molecule has 2 aliphatic carbocycles. The van der Waals surface area contributed by atoms with Crippen LogP contribution in [0, 0.1) is 0 Å². The van der Waals surface area contributed by atoms with Crippen molar-refractivity contribution < 1.29 is 14.4 Å². The van der Waals surface area contributed by atoms with Gasteiger partial charge in [0.2, 0.25) is 5.91 Å². The molecule has 4 amide bonds. The van der Waals surface area contributed by atoms with E-state index < -0.39 is 11.6 Å². The maximum atomic E-state index is 13.1. The van der Waals surface area contributed by atoms with Crippen molar-refractivity contribution in [1.29, 1.82) is 0 Å². The van der Waals surface area contributed by atoms with E-state index in [2.05, 4.69) is 16.7 Å². The minimum atomic E-state index is -1.12. The number of fused-ring (bicyclic) bond motifs is 1. The van der Waals surface area contributed by atoms with E-state index in [9.17, 15) is 14.4 Å². The summed E-state index contributed by atoms with van der Waals surface area (Å²) in [5.41, 5.74) is 2.25. The van der Waals surface area contributed by atoms with Gasteiger partial charge in [-0.1, -0.05) is 50.3 Å². The predicted molar refractivity (Wildman–Crippen MR) is 110 cm³/mol. The molecule has 0 aromatic heterocycles. The summed E-state index contributed by atoms with van der Waals surface area (Å²) < 4.78 is 0. The van der Waals surface area contributed by atoms with Gasteiger partial charge in [-0.15, -0.1) is 0 Å². The van der Waals surface area contributed by atoms with Gasteiger partial charge >= 0.3 is 6.03 Å². The normalized spacial score (nSPS) is 25.3. The topological polar surface area (TPSA) is 78.5 Å². The lowest BCUT2D eigenvalue weighted by Gasteiger charge is -2.24. The van der Waals surface area contributed by atoms with Gasteiger partial charge in [-0.2, -0.15) is 0 Å². The monoisotopic (exact) mass is 397 g/mol. The van der Waals surface area contributed by atoms with Crippen LogP contribution in [0.2, 0.25) is 0 Å². The van der Waals surface area contributed by atoms with E-state index in [4.69, 9.17) is 0 Å². The van der Waals surface area contributed by atoms with E-state index in [0.717, 1.165) is 55.4 Å². The lowest BCUT2D eigenvalue weighted by Crippen LogP contribution is -2.45. The van der Waals surface area contributed by atoms with Crippen LogP contribution in [0.1, 0.15) is 75.0 Å². The largest absolute Gasteiger partial charge is 0.352 e. The molecule has 1 aliphatic heterocycles. The number of carbonyl (C=O) groups excluding carboxylic acids is 3. The second-order valence-electron chi connectivity index (χ2n) is 8.89. The van der Waals surface area contributed by atoms with Crippen LogP contribution in [0.5, 0.6) is 0 Å². The van der Waals surface area contributed by atoms with Gasteiger partial charge in [0.1, 0.15) is 12.1 Å². The summed E-state index contributed by atoms with van der Waals surface area (Å²) in [5, 5.41) is 5.87. The highest BCUT2D eigenvalue weighted by molar-refractivity contribution is 6.09. The SMILES string of the molecule is CC1(c2ccc3c(c2)CCC3)NC(=O)N(CC(=O)NC2CCCCCCC2)C1=O. The molecule has 4 rings (SSSR count). The molecule has 3 aliphatic rings. The number of nitrogens with one attached hydrogen (secondary N) is 2. The van der Waals surface area contributed by atoms with E-state index >= 15 is 0 Å². The van der Waals surface area contributed by atoms with Crippen molar-refractivity contribution in [2.24, 2.45) is 0 Å². The van der Waals surface area contributed by atoms with Gasteiger partial charge in [-0.25, -0.2) is 4.79 Å². The third kappa shape index (κ3) is 4.02. The summed E-state index contributed by atoms with van der Waals surface area (Å²) in [6.45, 7) is 1.51. The van der Waals surface area contributed by atoms with Crippen molar-refractivity contribution in [2.75, 3.05) is 6.54 Å². The van der Waals surface area contributed by atoms with E-state index in [1.165, 1.54) is 30.4 Å². The lowest BCUT2D eigenvalue weighted by molar-refractivity contribution is -0.135. The lowest BCUT2D eigenvalue weighted by atomic mass is 9.89. The van der Waals surface area contributed by atoms with Gasteiger partial charge in [-0.05, 0) is 55.7 Å². The Kier molecular flexibility index (Phi) is 5.61. The Bertz CT molecular complexity index is 814. The number of urea groups is 1. The Morgan fingerprint density at radius 3 is 2.52 bits per heavy atom. The molecule has 0 bridgehead atoms. The zero-order chi connectivity index (χ0) is 20.4. The quantitative estimate of drug-likeness (QED) is 0.766. The fourth-order valence-electron chi connectivity index (χ4n) is 4.94. The molecule has 29 heavy (non-hydrogen) atoms. The number of aryl methyl sites for hydroxylation is 2. The number of hydrogen-bond donors (Lipinski definition) is 2. The van der Waals surface area contributed by atoms with Crippen molar-refractivity contribution in [3.05, 3.63) is 34.9 Å². The third-order valence-corrected chi connectivity index (χ3v) is 6.72. The molecular formula is C23H31N3O3. The smallest absolute Gasteiger partial charge is 0.325 e. The summed E-state index contributed by atoms with van der Waals surface area (Å²) in [4.78, 5) is 39.3. The van der Waals surface area contributed by atoms with Gasteiger partial charge in [0.05, 0.1) is 0 Å². The van der Waals surface area contributed by atoms with Crippen molar-refractivity contribution in [3.8, 4) is 0 Å². The molecule has 6 heteroatoms. The Hall–Kier alpha value is -2.37. The highest BCUT2D eigenvalue weighted by Crippen LogP contribution is 2.32. The Morgan fingerprint density at radius 2 is 1.76 bits per heavy atom. The predicted octanol–water partition coefficient (Wildman–Crippen LogP) is 3.17. The fourth-order valence-corrected chi connectivity index (χ4v) is 4.94. The molecule has 1 aromatic carbocycles. The number of benzene rings is 1. The van der Waals surface area contributed by atoms with Crippen LogP contribution in [0.15, 0.2) is 18.2 Å². The summed E-state index contributed by atoms with van der Waals surface area (Å²) >= 11 is 0. The van der Waals surface area contributed by atoms with Gasteiger partial charge in [-0.3, -0.25) is 14.5 Å². The summed E-state index contributed by atoms with van der Waals surface area (Å²) in [7, 11) is 0. The molecule has 1 atom stereocenters. The van der Waals surface area contributed by atoms with E-state index in [-0.39, 0.29) is 24.4 Å². The average Bonchev–Trinajstić information content (AvgIpc) is 3.22. The van der Waals surface area contributed by atoms with E-state index in [1.54, 1.807) is 6.92 Å². The number of imide groups is 1. The van der Waals surface area contributed by atoms with Gasteiger partial charge in [0.15, 0.2) is 0 Å². The zero-order valence-electron chi connectivity index (χ0n) is 17.3. The molecule has 0 spiro atoms. The highest BCUT2D eigenvalue weighted by Gasteiger charge is 2.49. The molecular weight excluding hydrogens is 366 g/mol.